The van der Waals surface area contributed by atoms with Gasteiger partial charge in [-0.1, -0.05) is 22.0 Å². The van der Waals surface area contributed by atoms with Crippen molar-refractivity contribution < 1.29 is 26.0 Å². The van der Waals surface area contributed by atoms with Crippen LogP contribution < -0.4 is 0 Å². The van der Waals surface area contributed by atoms with Gasteiger partial charge in [-0.3, -0.25) is 0 Å². The number of halogens is 5. The number of hydrogen-bond donors (Lipinski definition) is 0. The molecule has 0 aliphatic rings. The highest BCUT2D eigenvalue weighted by Crippen LogP contribution is 2.31. The fourth-order valence-electron chi connectivity index (χ4n) is 0.937. The van der Waals surface area contributed by atoms with Crippen LogP contribution in [0.3, 0.4) is 0 Å². The zero-order valence-electron chi connectivity index (χ0n) is 7.55. The van der Waals surface area contributed by atoms with Gasteiger partial charge in [-0.15, -0.1) is 0 Å². The maximum absolute atomic E-state index is 13.1. The minimum Gasteiger partial charge on any atom is -0.214 e. The van der Waals surface area contributed by atoms with E-state index in [1.54, 1.807) is 0 Å². The monoisotopic (exact) mass is 320 g/mol. The molecule has 0 fully saturated rings. The summed E-state index contributed by atoms with van der Waals surface area (Å²) >= 11 is 2.91. The van der Waals surface area contributed by atoms with Gasteiger partial charge in [0.2, 0.25) is 0 Å². The van der Waals surface area contributed by atoms with E-state index in [9.17, 15) is 26.0 Å². The van der Waals surface area contributed by atoms with Gasteiger partial charge in [0.25, 0.3) is 9.84 Å². The van der Waals surface area contributed by atoms with Crippen molar-refractivity contribution >= 4 is 25.8 Å². The molecule has 1 aromatic carbocycles. The van der Waals surface area contributed by atoms with Gasteiger partial charge in [0.1, 0.15) is 5.82 Å². The highest BCUT2D eigenvalue weighted by molar-refractivity contribution is 9.08. The summed E-state index contributed by atoms with van der Waals surface area (Å²) in [5.41, 5.74) is -5.34. The van der Waals surface area contributed by atoms with Gasteiger partial charge < -0.3 is 0 Å². The Morgan fingerprint density at radius 1 is 1.25 bits per heavy atom. The van der Waals surface area contributed by atoms with Crippen molar-refractivity contribution in [1.29, 1.82) is 0 Å². The number of alkyl halides is 4. The highest BCUT2D eigenvalue weighted by atomic mass is 79.9. The second-order valence-corrected chi connectivity index (χ2v) is 5.34. The molecule has 0 aliphatic heterocycles. The third-order valence-electron chi connectivity index (χ3n) is 1.78. The summed E-state index contributed by atoms with van der Waals surface area (Å²) < 4.78 is 71.3. The molecule has 1 aromatic rings. The third-order valence-corrected chi connectivity index (χ3v) is 3.87. The Morgan fingerprint density at radius 2 is 1.81 bits per heavy atom. The van der Waals surface area contributed by atoms with Crippen molar-refractivity contribution in [3.05, 3.63) is 29.6 Å². The summed E-state index contributed by atoms with van der Waals surface area (Å²) in [5.74, 6) is -0.998. The van der Waals surface area contributed by atoms with Crippen molar-refractivity contribution in [3.8, 4) is 0 Å². The van der Waals surface area contributed by atoms with Gasteiger partial charge in [-0.2, -0.15) is 13.2 Å². The molecule has 0 radical (unpaired) electrons. The number of sulfone groups is 1. The second-order valence-electron chi connectivity index (χ2n) is 2.84. The number of hydrogen-bond acceptors (Lipinski definition) is 2. The Morgan fingerprint density at radius 3 is 2.19 bits per heavy atom. The zero-order valence-corrected chi connectivity index (χ0v) is 9.96. The van der Waals surface area contributed by atoms with Gasteiger partial charge in [0, 0.05) is 5.33 Å². The van der Waals surface area contributed by atoms with E-state index in [1.807, 2.05) is 0 Å². The third kappa shape index (κ3) is 2.37. The van der Waals surface area contributed by atoms with Crippen molar-refractivity contribution in [2.24, 2.45) is 0 Å². The number of benzene rings is 1. The first-order valence-corrected chi connectivity index (χ1v) is 6.46. The summed E-state index contributed by atoms with van der Waals surface area (Å²) in [6.45, 7) is 0. The molecule has 90 valence electrons. The quantitative estimate of drug-likeness (QED) is 0.620. The van der Waals surface area contributed by atoms with Crippen molar-refractivity contribution in [2.75, 3.05) is 0 Å². The predicted octanol–water partition coefficient (Wildman–Crippen LogP) is 3.01. The molecule has 2 nitrogen and oxygen atoms in total. The summed E-state index contributed by atoms with van der Waals surface area (Å²) in [5, 5.41) is 0.0885. The molecule has 0 heterocycles. The first-order chi connectivity index (χ1) is 7.20. The molecule has 0 N–H and O–H groups in total. The van der Waals surface area contributed by atoms with Crippen molar-refractivity contribution in [3.63, 3.8) is 0 Å². The molecule has 0 amide bonds. The molecule has 0 saturated heterocycles. The van der Waals surface area contributed by atoms with E-state index < -0.39 is 26.1 Å². The topological polar surface area (TPSA) is 34.1 Å². The van der Waals surface area contributed by atoms with Crippen LogP contribution in [0.4, 0.5) is 17.6 Å². The molecular formula is C8H5BrF4O2S. The van der Waals surface area contributed by atoms with E-state index in [0.29, 0.717) is 6.07 Å². The molecular weight excluding hydrogens is 316 g/mol. The Bertz CT molecular complexity index is 495. The van der Waals surface area contributed by atoms with Gasteiger partial charge in [0.15, 0.2) is 0 Å². The first-order valence-electron chi connectivity index (χ1n) is 3.86. The maximum atomic E-state index is 13.1. The van der Waals surface area contributed by atoms with Crippen LogP contribution in [0, 0.1) is 5.82 Å². The van der Waals surface area contributed by atoms with Crippen molar-refractivity contribution in [2.45, 2.75) is 15.7 Å². The lowest BCUT2D eigenvalue weighted by atomic mass is 10.2. The highest BCUT2D eigenvalue weighted by Gasteiger charge is 2.47. The predicted molar refractivity (Wildman–Crippen MR) is 52.3 cm³/mol. The van der Waals surface area contributed by atoms with Crippen LogP contribution in [0.5, 0.6) is 0 Å². The van der Waals surface area contributed by atoms with Gasteiger partial charge >= 0.3 is 5.51 Å². The normalized spacial score (nSPS) is 12.8. The molecule has 0 aliphatic carbocycles. The SMILES string of the molecule is O=S(=O)(c1ccc(CBr)c(F)c1)C(F)(F)F. The lowest BCUT2D eigenvalue weighted by molar-refractivity contribution is -0.0436. The Labute approximate surface area is 97.3 Å². The first kappa shape index (κ1) is 13.4. The Kier molecular flexibility index (Phi) is 3.63. The van der Waals surface area contributed by atoms with E-state index in [1.165, 1.54) is 0 Å². The van der Waals surface area contributed by atoms with Crippen LogP contribution in [-0.4, -0.2) is 13.9 Å². The van der Waals surface area contributed by atoms with E-state index in [2.05, 4.69) is 15.9 Å². The fraction of sp³-hybridized carbons (Fsp3) is 0.250. The number of rotatable bonds is 2. The molecule has 0 spiro atoms. The molecule has 16 heavy (non-hydrogen) atoms. The molecule has 0 bridgehead atoms. The summed E-state index contributed by atoms with van der Waals surface area (Å²) in [6, 6.07) is 2.07. The second kappa shape index (κ2) is 4.33. The maximum Gasteiger partial charge on any atom is 0.501 e. The molecule has 0 aromatic heterocycles. The van der Waals surface area contributed by atoms with Crippen LogP contribution in [-0.2, 0) is 15.2 Å². The molecule has 0 unspecified atom stereocenters. The van der Waals surface area contributed by atoms with Gasteiger partial charge in [0.05, 0.1) is 4.90 Å². The lowest BCUT2D eigenvalue weighted by Crippen LogP contribution is -2.23. The molecule has 8 heteroatoms. The lowest BCUT2D eigenvalue weighted by Gasteiger charge is -2.08. The van der Waals surface area contributed by atoms with Crippen LogP contribution in [0.15, 0.2) is 23.1 Å². The zero-order chi connectivity index (χ0) is 12.6. The van der Waals surface area contributed by atoms with E-state index >= 15 is 0 Å². The summed E-state index contributed by atoms with van der Waals surface area (Å²) in [7, 11) is -5.48. The summed E-state index contributed by atoms with van der Waals surface area (Å²) in [6.07, 6.45) is 0. The van der Waals surface area contributed by atoms with Gasteiger partial charge in [-0.05, 0) is 17.7 Å². The van der Waals surface area contributed by atoms with E-state index in [-0.39, 0.29) is 10.9 Å². The molecule has 1 rings (SSSR count). The summed E-state index contributed by atoms with van der Waals surface area (Å²) in [4.78, 5) is -1.10. The molecule has 0 atom stereocenters. The Balaban J connectivity index is 3.32. The standard InChI is InChI=1S/C8H5BrF4O2S/c9-4-5-1-2-6(3-7(5)10)16(14,15)8(11,12)13/h1-3H,4H2. The van der Waals surface area contributed by atoms with Crippen LogP contribution in [0.25, 0.3) is 0 Å². The van der Waals surface area contributed by atoms with Crippen LogP contribution >= 0.6 is 15.9 Å². The fourth-order valence-corrected chi connectivity index (χ4v) is 2.17. The van der Waals surface area contributed by atoms with Crippen LogP contribution in [0.1, 0.15) is 5.56 Å². The minimum absolute atomic E-state index is 0.0844. The molecule has 0 saturated carbocycles. The smallest absolute Gasteiger partial charge is 0.214 e. The van der Waals surface area contributed by atoms with E-state index in [4.69, 9.17) is 0 Å². The average Bonchev–Trinajstić information content (AvgIpc) is 2.15. The van der Waals surface area contributed by atoms with E-state index in [0.717, 1.165) is 12.1 Å². The average molecular weight is 321 g/mol. The largest absolute Gasteiger partial charge is 0.501 e. The minimum atomic E-state index is -5.48. The van der Waals surface area contributed by atoms with Gasteiger partial charge in [-0.25, -0.2) is 12.8 Å². The van der Waals surface area contributed by atoms with Crippen molar-refractivity contribution in [1.82, 2.24) is 0 Å². The Hall–Kier alpha value is -0.630. The van der Waals surface area contributed by atoms with Crippen LogP contribution in [0.2, 0.25) is 0 Å².